The molecule has 4 aliphatic carbocycles. The highest BCUT2D eigenvalue weighted by Gasteiger charge is 2.68. The molecule has 1 spiro atoms. The van der Waals surface area contributed by atoms with Crippen molar-refractivity contribution >= 4 is 0 Å². The van der Waals surface area contributed by atoms with Gasteiger partial charge in [0.2, 0.25) is 0 Å². The number of benzene rings is 1. The van der Waals surface area contributed by atoms with E-state index in [1.807, 2.05) is 30.3 Å². The number of fused-ring (bicyclic) bond motifs is 8. The Morgan fingerprint density at radius 1 is 0.875 bits per heavy atom. The zero-order valence-electron chi connectivity index (χ0n) is 29.2. The van der Waals surface area contributed by atoms with E-state index in [9.17, 15) is 10.2 Å². The minimum absolute atomic E-state index is 0.0601. The molecular formula is C40H56O8. The van der Waals surface area contributed by atoms with Crippen LogP contribution >= 0.6 is 0 Å². The van der Waals surface area contributed by atoms with E-state index < -0.39 is 37.0 Å². The average molecular weight is 665 g/mol. The molecule has 8 nitrogen and oxygen atoms in total. The van der Waals surface area contributed by atoms with Crippen LogP contribution in [0, 0.1) is 46.3 Å². The van der Waals surface area contributed by atoms with Crippen LogP contribution in [0.5, 0.6) is 0 Å². The molecule has 7 fully saturated rings. The van der Waals surface area contributed by atoms with Crippen molar-refractivity contribution in [2.24, 2.45) is 46.3 Å². The van der Waals surface area contributed by atoms with Crippen molar-refractivity contribution in [1.29, 1.82) is 0 Å². The van der Waals surface area contributed by atoms with Gasteiger partial charge in [-0.1, -0.05) is 69.7 Å². The summed E-state index contributed by atoms with van der Waals surface area (Å²) in [4.78, 5) is 0. The maximum Gasteiger partial charge on any atom is 0.186 e. The highest BCUT2D eigenvalue weighted by Crippen LogP contribution is 2.70. The second-order valence-corrected chi connectivity index (χ2v) is 17.5. The van der Waals surface area contributed by atoms with Crippen molar-refractivity contribution in [3.05, 3.63) is 47.5 Å². The lowest BCUT2D eigenvalue weighted by atomic mass is 9.47. The van der Waals surface area contributed by atoms with E-state index in [0.717, 1.165) is 44.3 Å². The summed E-state index contributed by atoms with van der Waals surface area (Å²) in [6.45, 7) is 11.0. The molecule has 0 amide bonds. The largest absolute Gasteiger partial charge is 0.387 e. The minimum Gasteiger partial charge on any atom is -0.387 e. The van der Waals surface area contributed by atoms with E-state index in [2.05, 4.69) is 33.8 Å². The van der Waals surface area contributed by atoms with Crippen LogP contribution in [0.4, 0.5) is 0 Å². The molecule has 264 valence electrons. The summed E-state index contributed by atoms with van der Waals surface area (Å²) in [7, 11) is 0. The van der Waals surface area contributed by atoms with Gasteiger partial charge < -0.3 is 38.6 Å². The standard InChI is InChI=1S/C40H56O8/c1-22-12-17-40(44-20-22)23(2)32-30(48-40)19-29-27-11-10-25-18-26(13-15-38(25,3)28(27)14-16-39(29,32)4)45-37-34(42)33(41)35-31(46-37)21-43-36(47-35)24-8-6-5-7-9-24/h5-10,22-23,26-37,41-42H,11-21H2,1-4H3/t22-,23+,26+,27-,28+,29+,30+,31?,32+,33-,34?,35-,36?,37-,38+,39+,40-/m1/s1. The van der Waals surface area contributed by atoms with Gasteiger partial charge in [-0.25, -0.2) is 0 Å². The van der Waals surface area contributed by atoms with Gasteiger partial charge in [-0.3, -0.25) is 0 Å². The Labute approximate surface area is 285 Å². The summed E-state index contributed by atoms with van der Waals surface area (Å²) in [5.74, 6) is 3.37. The number of ether oxygens (including phenoxy) is 6. The summed E-state index contributed by atoms with van der Waals surface area (Å²) in [5, 5.41) is 22.3. The smallest absolute Gasteiger partial charge is 0.186 e. The molecule has 4 saturated heterocycles. The Bertz CT molecular complexity index is 1370. The summed E-state index contributed by atoms with van der Waals surface area (Å²) in [6, 6.07) is 9.67. The quantitative estimate of drug-likeness (QED) is 0.364. The Hall–Kier alpha value is -1.36. The van der Waals surface area contributed by atoms with Crippen molar-refractivity contribution in [3.63, 3.8) is 0 Å². The van der Waals surface area contributed by atoms with Gasteiger partial charge in [-0.15, -0.1) is 0 Å². The molecule has 17 atom stereocenters. The maximum atomic E-state index is 11.1. The van der Waals surface area contributed by atoms with E-state index in [0.29, 0.717) is 47.0 Å². The van der Waals surface area contributed by atoms with E-state index in [1.165, 1.54) is 31.3 Å². The fourth-order valence-electron chi connectivity index (χ4n) is 12.4. The van der Waals surface area contributed by atoms with Crippen LogP contribution in [0.1, 0.15) is 97.3 Å². The maximum absolute atomic E-state index is 11.1. The number of aliphatic hydroxyl groups excluding tert-OH is 2. The van der Waals surface area contributed by atoms with Crippen LogP contribution in [0.25, 0.3) is 0 Å². The SMILES string of the molecule is C[C@@H]1CC[C@@]2(OC1)O[C@H]1C[C@H]3[C@@H]4CC=C5C[C@@H](O[C@@H]6OC7COC(c8ccccc8)O[C@H]7[C@H](O)C6O)CC[C@]5(C)[C@H]4CC[C@]3(C)[C@H]1[C@@H]2C. The van der Waals surface area contributed by atoms with Crippen LogP contribution in [-0.4, -0.2) is 72.1 Å². The molecule has 1 aromatic carbocycles. The van der Waals surface area contributed by atoms with Gasteiger partial charge in [0.1, 0.15) is 24.4 Å². The number of hydrogen-bond acceptors (Lipinski definition) is 8. The fraction of sp³-hybridized carbons (Fsp3) is 0.800. The monoisotopic (exact) mass is 664 g/mol. The molecule has 4 heterocycles. The van der Waals surface area contributed by atoms with Crippen molar-refractivity contribution in [2.75, 3.05) is 13.2 Å². The van der Waals surface area contributed by atoms with Gasteiger partial charge in [0.05, 0.1) is 25.4 Å². The summed E-state index contributed by atoms with van der Waals surface area (Å²) in [6.07, 6.45) is 7.78. The first-order valence-electron chi connectivity index (χ1n) is 19.1. The molecule has 8 aliphatic rings. The molecule has 4 aliphatic heterocycles. The minimum atomic E-state index is -1.19. The Kier molecular flexibility index (Phi) is 8.03. The lowest BCUT2D eigenvalue weighted by Gasteiger charge is -2.58. The summed E-state index contributed by atoms with van der Waals surface area (Å²) in [5.41, 5.74) is 2.88. The topological polar surface area (TPSA) is 95.8 Å². The normalized spacial score (nSPS) is 54.4. The first kappa shape index (κ1) is 32.5. The Morgan fingerprint density at radius 2 is 1.71 bits per heavy atom. The molecule has 3 saturated carbocycles. The number of allylic oxidation sites excluding steroid dienone is 1. The predicted octanol–water partition coefficient (Wildman–Crippen LogP) is 6.30. The van der Waals surface area contributed by atoms with Crippen LogP contribution in [0.3, 0.4) is 0 Å². The Balaban J connectivity index is 0.857. The first-order chi connectivity index (χ1) is 23.1. The fourth-order valence-corrected chi connectivity index (χ4v) is 12.4. The summed E-state index contributed by atoms with van der Waals surface area (Å²) >= 11 is 0. The van der Waals surface area contributed by atoms with E-state index in [1.54, 1.807) is 0 Å². The molecular weight excluding hydrogens is 608 g/mol. The van der Waals surface area contributed by atoms with E-state index in [4.69, 9.17) is 28.4 Å². The predicted molar refractivity (Wildman–Crippen MR) is 177 cm³/mol. The third-order valence-corrected chi connectivity index (χ3v) is 15.1. The van der Waals surface area contributed by atoms with Crippen molar-refractivity contribution in [1.82, 2.24) is 0 Å². The number of hydrogen-bond donors (Lipinski definition) is 2. The van der Waals surface area contributed by atoms with Gasteiger partial charge >= 0.3 is 0 Å². The van der Waals surface area contributed by atoms with Crippen molar-refractivity contribution < 1.29 is 38.6 Å². The highest BCUT2D eigenvalue weighted by atomic mass is 16.8. The summed E-state index contributed by atoms with van der Waals surface area (Å²) < 4.78 is 38.3. The average Bonchev–Trinajstić information content (AvgIpc) is 3.54. The van der Waals surface area contributed by atoms with Crippen LogP contribution < -0.4 is 0 Å². The van der Waals surface area contributed by atoms with Crippen LogP contribution in [0.2, 0.25) is 0 Å². The molecule has 2 N–H and O–H groups in total. The zero-order valence-corrected chi connectivity index (χ0v) is 29.2. The van der Waals surface area contributed by atoms with E-state index in [-0.39, 0.29) is 23.9 Å². The second-order valence-electron chi connectivity index (χ2n) is 17.5. The second kappa shape index (κ2) is 11.8. The van der Waals surface area contributed by atoms with Gasteiger partial charge in [0, 0.05) is 17.9 Å². The molecule has 8 heteroatoms. The molecule has 0 bridgehead atoms. The number of rotatable bonds is 3. The van der Waals surface area contributed by atoms with Crippen molar-refractivity contribution in [3.8, 4) is 0 Å². The first-order valence-corrected chi connectivity index (χ1v) is 19.1. The van der Waals surface area contributed by atoms with Gasteiger partial charge in [0.25, 0.3) is 0 Å². The lowest BCUT2D eigenvalue weighted by Crippen LogP contribution is -2.62. The molecule has 48 heavy (non-hydrogen) atoms. The lowest BCUT2D eigenvalue weighted by molar-refractivity contribution is -0.367. The molecule has 3 unspecified atom stereocenters. The molecule has 1 aromatic rings. The highest BCUT2D eigenvalue weighted by molar-refractivity contribution is 5.26. The van der Waals surface area contributed by atoms with Crippen LogP contribution in [0.15, 0.2) is 42.0 Å². The zero-order chi connectivity index (χ0) is 33.0. The van der Waals surface area contributed by atoms with Gasteiger partial charge in [-0.05, 0) is 91.8 Å². The third kappa shape index (κ3) is 4.91. The van der Waals surface area contributed by atoms with Gasteiger partial charge in [-0.2, -0.15) is 0 Å². The molecule has 0 radical (unpaired) electrons. The van der Waals surface area contributed by atoms with Crippen LogP contribution in [-0.2, 0) is 28.4 Å². The van der Waals surface area contributed by atoms with E-state index >= 15 is 0 Å². The molecule has 9 rings (SSSR count). The number of aliphatic hydroxyl groups is 2. The van der Waals surface area contributed by atoms with Gasteiger partial charge in [0.15, 0.2) is 18.4 Å². The van der Waals surface area contributed by atoms with Crippen molar-refractivity contribution in [2.45, 2.75) is 140 Å². The third-order valence-electron chi connectivity index (χ3n) is 15.1. The molecule has 0 aromatic heterocycles. The Morgan fingerprint density at radius 3 is 2.50 bits per heavy atom.